The summed E-state index contributed by atoms with van der Waals surface area (Å²) in [5.74, 6) is 1.23. The SMILES string of the molecule is [NH3+]C1CCSc2ccccc21. The van der Waals surface area contributed by atoms with Gasteiger partial charge in [-0.2, -0.15) is 0 Å². The molecule has 0 amide bonds. The highest BCUT2D eigenvalue weighted by molar-refractivity contribution is 7.99. The largest absolute Gasteiger partial charge is 0.351 e. The van der Waals surface area contributed by atoms with E-state index < -0.39 is 0 Å². The number of hydrogen-bond donors (Lipinski definition) is 1. The van der Waals surface area contributed by atoms with Gasteiger partial charge in [0.25, 0.3) is 0 Å². The topological polar surface area (TPSA) is 27.6 Å². The van der Waals surface area contributed by atoms with Crippen LogP contribution in [0.15, 0.2) is 29.2 Å². The summed E-state index contributed by atoms with van der Waals surface area (Å²) in [5, 5.41) is 0. The van der Waals surface area contributed by atoms with Gasteiger partial charge in [-0.15, -0.1) is 11.8 Å². The summed E-state index contributed by atoms with van der Waals surface area (Å²) >= 11 is 1.95. The normalized spacial score (nSPS) is 22.8. The highest BCUT2D eigenvalue weighted by atomic mass is 32.2. The third-order valence-corrected chi connectivity index (χ3v) is 3.21. The van der Waals surface area contributed by atoms with E-state index in [0.29, 0.717) is 6.04 Å². The van der Waals surface area contributed by atoms with Crippen molar-refractivity contribution in [2.75, 3.05) is 5.75 Å². The van der Waals surface area contributed by atoms with Crippen LogP contribution in [0.5, 0.6) is 0 Å². The number of quaternary nitrogens is 1. The van der Waals surface area contributed by atoms with E-state index in [4.69, 9.17) is 0 Å². The van der Waals surface area contributed by atoms with Crippen LogP contribution in [0, 0.1) is 0 Å². The summed E-state index contributed by atoms with van der Waals surface area (Å²) in [6, 6.07) is 9.11. The van der Waals surface area contributed by atoms with Gasteiger partial charge in [0.15, 0.2) is 0 Å². The smallest absolute Gasteiger partial charge is 0.112 e. The summed E-state index contributed by atoms with van der Waals surface area (Å²) in [5.41, 5.74) is 5.56. The molecule has 0 aromatic heterocycles. The Bertz CT molecular complexity index is 259. The molecule has 1 aromatic rings. The Morgan fingerprint density at radius 2 is 2.18 bits per heavy atom. The molecule has 0 saturated carbocycles. The zero-order valence-electron chi connectivity index (χ0n) is 6.42. The van der Waals surface area contributed by atoms with E-state index in [1.54, 1.807) is 0 Å². The second-order valence-corrected chi connectivity index (χ2v) is 4.01. The maximum atomic E-state index is 4.13. The van der Waals surface area contributed by atoms with Gasteiger partial charge in [0.2, 0.25) is 0 Å². The minimum Gasteiger partial charge on any atom is -0.351 e. The summed E-state index contributed by atoms with van der Waals surface area (Å²) in [7, 11) is 0. The third kappa shape index (κ3) is 1.28. The Kier molecular flexibility index (Phi) is 1.88. The van der Waals surface area contributed by atoms with Crippen LogP contribution in [0.1, 0.15) is 18.0 Å². The van der Waals surface area contributed by atoms with Crippen LogP contribution in [0.3, 0.4) is 0 Å². The van der Waals surface area contributed by atoms with Crippen molar-refractivity contribution in [3.63, 3.8) is 0 Å². The fraction of sp³-hybridized carbons (Fsp3) is 0.333. The molecule has 58 valence electrons. The molecule has 0 spiro atoms. The molecule has 0 bridgehead atoms. The Morgan fingerprint density at radius 3 is 3.00 bits per heavy atom. The molecule has 1 heterocycles. The van der Waals surface area contributed by atoms with Gasteiger partial charge in [-0.3, -0.25) is 0 Å². The first-order valence-electron chi connectivity index (χ1n) is 3.93. The lowest BCUT2D eigenvalue weighted by Gasteiger charge is -2.18. The number of rotatable bonds is 0. The zero-order valence-corrected chi connectivity index (χ0v) is 7.23. The van der Waals surface area contributed by atoms with Gasteiger partial charge in [0, 0.05) is 22.6 Å². The standard InChI is InChI=1S/C9H11NS/c10-8-5-6-11-9-4-2-1-3-7(8)9/h1-4,8H,5-6,10H2/p+1. The monoisotopic (exact) mass is 166 g/mol. The first kappa shape index (κ1) is 7.19. The van der Waals surface area contributed by atoms with E-state index in [2.05, 4.69) is 30.0 Å². The fourth-order valence-corrected chi connectivity index (χ4v) is 2.61. The van der Waals surface area contributed by atoms with Crippen molar-refractivity contribution in [2.24, 2.45) is 0 Å². The van der Waals surface area contributed by atoms with Crippen LogP contribution in [0.2, 0.25) is 0 Å². The number of hydrogen-bond acceptors (Lipinski definition) is 1. The van der Waals surface area contributed by atoms with Gasteiger partial charge in [-0.05, 0) is 6.07 Å². The highest BCUT2D eigenvalue weighted by Gasteiger charge is 2.18. The predicted octanol–water partition coefficient (Wildman–Crippen LogP) is 1.47. The van der Waals surface area contributed by atoms with Crippen molar-refractivity contribution in [3.8, 4) is 0 Å². The van der Waals surface area contributed by atoms with Crippen LogP contribution in [0.25, 0.3) is 0 Å². The Labute approximate surface area is 71.0 Å². The molecule has 1 unspecified atom stereocenters. The van der Waals surface area contributed by atoms with Crippen LogP contribution in [-0.2, 0) is 0 Å². The van der Waals surface area contributed by atoms with Crippen molar-refractivity contribution in [1.29, 1.82) is 0 Å². The van der Waals surface area contributed by atoms with Gasteiger partial charge in [0.1, 0.15) is 6.04 Å². The van der Waals surface area contributed by atoms with Crippen LogP contribution < -0.4 is 5.73 Å². The van der Waals surface area contributed by atoms with E-state index in [-0.39, 0.29) is 0 Å². The predicted molar refractivity (Wildman–Crippen MR) is 47.4 cm³/mol. The summed E-state index contributed by atoms with van der Waals surface area (Å²) in [6.07, 6.45) is 1.22. The molecule has 0 aliphatic carbocycles. The average molecular weight is 166 g/mol. The average Bonchev–Trinajstić information content (AvgIpc) is 2.06. The second kappa shape index (κ2) is 2.88. The highest BCUT2D eigenvalue weighted by Crippen LogP contribution is 2.33. The molecule has 0 fully saturated rings. The van der Waals surface area contributed by atoms with Crippen LogP contribution in [0.4, 0.5) is 0 Å². The molecular formula is C9H12NS+. The number of benzene rings is 1. The minimum atomic E-state index is 0.521. The van der Waals surface area contributed by atoms with E-state index in [1.807, 2.05) is 11.8 Å². The molecular weight excluding hydrogens is 154 g/mol. The maximum absolute atomic E-state index is 4.13. The van der Waals surface area contributed by atoms with Crippen molar-refractivity contribution >= 4 is 11.8 Å². The molecule has 11 heavy (non-hydrogen) atoms. The second-order valence-electron chi connectivity index (χ2n) is 2.87. The summed E-state index contributed by atoms with van der Waals surface area (Å²) in [6.45, 7) is 0. The fourth-order valence-electron chi connectivity index (χ4n) is 1.42. The van der Waals surface area contributed by atoms with Crippen molar-refractivity contribution < 1.29 is 5.73 Å². The van der Waals surface area contributed by atoms with Crippen LogP contribution >= 0.6 is 11.8 Å². The molecule has 1 aromatic carbocycles. The van der Waals surface area contributed by atoms with Crippen molar-refractivity contribution in [1.82, 2.24) is 0 Å². The van der Waals surface area contributed by atoms with Gasteiger partial charge in [-0.25, -0.2) is 0 Å². The molecule has 2 heteroatoms. The van der Waals surface area contributed by atoms with Gasteiger partial charge >= 0.3 is 0 Å². The molecule has 0 saturated heterocycles. The molecule has 1 nitrogen and oxygen atoms in total. The van der Waals surface area contributed by atoms with E-state index >= 15 is 0 Å². The summed E-state index contributed by atoms with van der Waals surface area (Å²) in [4.78, 5) is 1.43. The quantitative estimate of drug-likeness (QED) is 0.621. The summed E-state index contributed by atoms with van der Waals surface area (Å²) < 4.78 is 0. The Balaban J connectivity index is 2.44. The van der Waals surface area contributed by atoms with Gasteiger partial charge < -0.3 is 5.73 Å². The number of thioether (sulfide) groups is 1. The number of fused-ring (bicyclic) bond motifs is 1. The lowest BCUT2D eigenvalue weighted by molar-refractivity contribution is -0.427. The zero-order chi connectivity index (χ0) is 7.68. The Hall–Kier alpha value is -0.470. The molecule has 1 aliphatic rings. The lowest BCUT2D eigenvalue weighted by Crippen LogP contribution is -2.54. The van der Waals surface area contributed by atoms with E-state index in [0.717, 1.165) is 0 Å². The minimum absolute atomic E-state index is 0.521. The maximum Gasteiger partial charge on any atom is 0.112 e. The first-order valence-corrected chi connectivity index (χ1v) is 4.91. The van der Waals surface area contributed by atoms with E-state index in [1.165, 1.54) is 22.6 Å². The van der Waals surface area contributed by atoms with E-state index in [9.17, 15) is 0 Å². The molecule has 0 radical (unpaired) electrons. The van der Waals surface area contributed by atoms with Crippen molar-refractivity contribution in [2.45, 2.75) is 17.4 Å². The first-order chi connectivity index (χ1) is 5.38. The molecule has 2 rings (SSSR count). The van der Waals surface area contributed by atoms with Crippen LogP contribution in [-0.4, -0.2) is 5.75 Å². The molecule has 3 N–H and O–H groups in total. The molecule has 1 atom stereocenters. The van der Waals surface area contributed by atoms with Crippen molar-refractivity contribution in [3.05, 3.63) is 29.8 Å². The van der Waals surface area contributed by atoms with Gasteiger partial charge in [0.05, 0.1) is 0 Å². The Morgan fingerprint density at radius 1 is 1.36 bits per heavy atom. The van der Waals surface area contributed by atoms with Gasteiger partial charge in [-0.1, -0.05) is 18.2 Å². The molecule has 1 aliphatic heterocycles. The lowest BCUT2D eigenvalue weighted by atomic mass is 10.1. The third-order valence-electron chi connectivity index (χ3n) is 2.08.